The van der Waals surface area contributed by atoms with Crippen LogP contribution < -0.4 is 0 Å². The van der Waals surface area contributed by atoms with Gasteiger partial charge in [-0.1, -0.05) is 73.8 Å². The molecule has 161 valence electrons. The summed E-state index contributed by atoms with van der Waals surface area (Å²) in [6, 6.07) is 32.1. The maximum Gasteiger partial charge on any atom is 0.0239 e. The average Bonchev–Trinajstić information content (AvgIpc) is 3.31. The maximum atomic E-state index is 4.92. The Balaban J connectivity index is 0.00000206. The van der Waals surface area contributed by atoms with Gasteiger partial charge in [0.05, 0.1) is 0 Å². The first kappa shape index (κ1) is 20.7. The quantitative estimate of drug-likeness (QED) is 0.169. The Morgan fingerprint density at radius 2 is 1.52 bits per heavy atom. The molecule has 0 saturated heterocycles. The van der Waals surface area contributed by atoms with E-state index in [-0.39, 0.29) is 25.5 Å². The van der Waals surface area contributed by atoms with Gasteiger partial charge >= 0.3 is 0 Å². The van der Waals surface area contributed by atoms with E-state index >= 15 is 0 Å². The van der Waals surface area contributed by atoms with Gasteiger partial charge in [-0.3, -0.25) is 0 Å². The molecule has 0 fully saturated rings. The van der Waals surface area contributed by atoms with Crippen LogP contribution in [0.15, 0.2) is 85.1 Å². The van der Waals surface area contributed by atoms with Crippen LogP contribution in [0.4, 0.5) is 0 Å². The molecule has 2 heterocycles. The van der Waals surface area contributed by atoms with Gasteiger partial charge in [-0.25, -0.2) is 0 Å². The Kier molecular flexibility index (Phi) is 4.61. The van der Waals surface area contributed by atoms with E-state index in [1.165, 1.54) is 53.2 Å². The third kappa shape index (κ3) is 2.83. The van der Waals surface area contributed by atoms with E-state index in [0.717, 1.165) is 11.3 Å². The van der Waals surface area contributed by atoms with Gasteiger partial charge in [-0.2, -0.15) is 11.3 Å². The van der Waals surface area contributed by atoms with Crippen LogP contribution in [-0.2, 0) is 25.5 Å². The minimum atomic E-state index is -0.144. The van der Waals surface area contributed by atoms with Gasteiger partial charge in [0, 0.05) is 36.4 Å². The minimum absolute atomic E-state index is 0. The zero-order valence-corrected chi connectivity index (χ0v) is 21.5. The van der Waals surface area contributed by atoms with Crippen molar-refractivity contribution in [3.8, 4) is 22.4 Å². The summed E-state index contributed by atoms with van der Waals surface area (Å²) in [4.78, 5) is 4.92. The minimum Gasteiger partial charge on any atom is -0.304 e. The number of pyridine rings is 1. The molecule has 0 unspecified atom stereocenters. The first-order valence-electron chi connectivity index (χ1n) is 11.0. The van der Waals surface area contributed by atoms with Crippen LogP contribution in [0.3, 0.4) is 0 Å². The van der Waals surface area contributed by atoms with Crippen molar-refractivity contribution < 1.29 is 20.1 Å². The van der Waals surface area contributed by atoms with Crippen molar-refractivity contribution in [2.75, 3.05) is 0 Å². The van der Waals surface area contributed by atoms with E-state index in [2.05, 4.69) is 98.8 Å². The van der Waals surface area contributed by atoms with Gasteiger partial charge in [-0.15, -0.1) is 23.8 Å². The number of nitrogens with zero attached hydrogens (tertiary/aromatic N) is 1. The summed E-state index contributed by atoms with van der Waals surface area (Å²) in [6.07, 6.45) is 1.96. The van der Waals surface area contributed by atoms with Crippen molar-refractivity contribution in [3.63, 3.8) is 0 Å². The van der Waals surface area contributed by atoms with Crippen LogP contribution in [0.5, 0.6) is 0 Å². The SMILES string of the molecule is CC1(C)c2c(ccnc2-c2[c-]cc3sc4ccccc4c3c2)-c2ccc3ccccc3c21.[Ir]. The first-order valence-corrected chi connectivity index (χ1v) is 11.8. The van der Waals surface area contributed by atoms with Crippen LogP contribution in [0.1, 0.15) is 25.0 Å². The molecule has 0 amide bonds. The van der Waals surface area contributed by atoms with Crippen molar-refractivity contribution in [2.45, 2.75) is 19.3 Å². The molecule has 0 N–H and O–H groups in total. The molecule has 2 aromatic heterocycles. The zero-order chi connectivity index (χ0) is 21.4. The molecule has 1 nitrogen and oxygen atoms in total. The van der Waals surface area contributed by atoms with Crippen molar-refractivity contribution in [1.29, 1.82) is 0 Å². The fourth-order valence-corrected chi connectivity index (χ4v) is 6.69. The fourth-order valence-electron chi connectivity index (χ4n) is 5.62. The average molecular weight is 619 g/mol. The Labute approximate surface area is 210 Å². The van der Waals surface area contributed by atoms with Crippen LogP contribution in [0.2, 0.25) is 0 Å². The van der Waals surface area contributed by atoms with Crippen LogP contribution in [-0.4, -0.2) is 4.98 Å². The predicted molar refractivity (Wildman–Crippen MR) is 136 cm³/mol. The monoisotopic (exact) mass is 619 g/mol. The number of aromatic nitrogens is 1. The first-order chi connectivity index (χ1) is 15.6. The van der Waals surface area contributed by atoms with Crippen molar-refractivity contribution >= 4 is 42.3 Å². The van der Waals surface area contributed by atoms with Crippen LogP contribution in [0.25, 0.3) is 53.3 Å². The molecule has 33 heavy (non-hydrogen) atoms. The summed E-state index contributed by atoms with van der Waals surface area (Å²) < 4.78 is 2.59. The number of fused-ring (bicyclic) bond motifs is 8. The number of rotatable bonds is 1. The molecule has 0 aliphatic heterocycles. The van der Waals surface area contributed by atoms with Gasteiger partial charge in [0.2, 0.25) is 0 Å². The van der Waals surface area contributed by atoms with Gasteiger partial charge in [0.15, 0.2) is 0 Å². The maximum absolute atomic E-state index is 4.92. The van der Waals surface area contributed by atoms with Crippen LogP contribution in [0, 0.1) is 6.07 Å². The largest absolute Gasteiger partial charge is 0.304 e. The van der Waals surface area contributed by atoms with Gasteiger partial charge in [0.1, 0.15) is 0 Å². The predicted octanol–water partition coefficient (Wildman–Crippen LogP) is 8.37. The third-order valence-corrected chi connectivity index (χ3v) is 8.12. The molecular formula is C30H20IrNS-. The second-order valence-corrected chi connectivity index (χ2v) is 10.2. The van der Waals surface area contributed by atoms with Crippen molar-refractivity contribution in [1.82, 2.24) is 4.98 Å². The third-order valence-electron chi connectivity index (χ3n) is 6.99. The van der Waals surface area contributed by atoms with Crippen LogP contribution >= 0.6 is 11.3 Å². The summed E-state index contributed by atoms with van der Waals surface area (Å²) in [7, 11) is 0. The molecule has 4 aromatic carbocycles. The summed E-state index contributed by atoms with van der Waals surface area (Å²) in [5.74, 6) is 0. The standard InChI is InChI=1S/C30H20NS.Ir/c1-30(2)27-20-8-4-3-7-18(20)11-13-22(27)23-15-16-31-29(28(23)30)19-12-14-26-24(17-19)21-9-5-6-10-25(21)32-26;/h3-11,13-17H,1-2H3;/q-1;. The van der Waals surface area contributed by atoms with Gasteiger partial charge in [-0.05, 0) is 60.9 Å². The second-order valence-electron chi connectivity index (χ2n) is 9.14. The van der Waals surface area contributed by atoms with Crippen molar-refractivity contribution in [3.05, 3.63) is 102 Å². The molecule has 0 atom stereocenters. The van der Waals surface area contributed by atoms with E-state index in [1.54, 1.807) is 0 Å². The molecule has 0 saturated carbocycles. The Bertz CT molecular complexity index is 1710. The molecular weight excluding hydrogens is 599 g/mol. The normalized spacial score (nSPS) is 13.8. The summed E-state index contributed by atoms with van der Waals surface area (Å²) in [6.45, 7) is 4.68. The molecule has 0 bridgehead atoms. The van der Waals surface area contributed by atoms with Gasteiger partial charge < -0.3 is 4.98 Å². The Morgan fingerprint density at radius 1 is 0.758 bits per heavy atom. The van der Waals surface area contributed by atoms with Crippen molar-refractivity contribution in [2.24, 2.45) is 0 Å². The molecule has 0 spiro atoms. The van der Waals surface area contributed by atoms with E-state index in [1.807, 2.05) is 17.5 Å². The summed E-state index contributed by atoms with van der Waals surface area (Å²) in [5, 5.41) is 5.22. The van der Waals surface area contributed by atoms with E-state index in [4.69, 9.17) is 4.98 Å². The Morgan fingerprint density at radius 3 is 2.39 bits per heavy atom. The molecule has 7 rings (SSSR count). The number of hydrogen-bond acceptors (Lipinski definition) is 2. The molecule has 1 aliphatic rings. The molecule has 3 heteroatoms. The number of benzene rings is 4. The fraction of sp³-hybridized carbons (Fsp3) is 0.100. The summed E-state index contributed by atoms with van der Waals surface area (Å²) in [5.41, 5.74) is 7.31. The van der Waals surface area contributed by atoms with Gasteiger partial charge in [0.25, 0.3) is 0 Å². The Hall–Kier alpha value is -2.84. The smallest absolute Gasteiger partial charge is 0.0239 e. The molecule has 6 aromatic rings. The molecule has 1 aliphatic carbocycles. The van der Waals surface area contributed by atoms with E-state index in [0.29, 0.717) is 0 Å². The number of thiophene rings is 1. The molecule has 1 radical (unpaired) electrons. The van der Waals surface area contributed by atoms with E-state index in [9.17, 15) is 0 Å². The summed E-state index contributed by atoms with van der Waals surface area (Å²) >= 11 is 1.83. The topological polar surface area (TPSA) is 12.9 Å². The zero-order valence-electron chi connectivity index (χ0n) is 18.3. The second kappa shape index (κ2) is 7.33. The van der Waals surface area contributed by atoms with E-state index < -0.39 is 0 Å². The number of hydrogen-bond donors (Lipinski definition) is 0.